The molecule has 0 saturated carbocycles. The molecule has 2 heterocycles. The van der Waals surface area contributed by atoms with E-state index < -0.39 is 75.9 Å². The van der Waals surface area contributed by atoms with Gasteiger partial charge in [0.15, 0.2) is 11.4 Å². The molecular formula is C29H36Ar2ClF10IN2O4S2. The summed E-state index contributed by atoms with van der Waals surface area (Å²) in [6.45, 7) is 6.76. The van der Waals surface area contributed by atoms with Gasteiger partial charge in [0.1, 0.15) is 11.4 Å². The number of carbonyl (C=O) groups is 2. The van der Waals surface area contributed by atoms with Gasteiger partial charge in [-0.1, -0.05) is 50.3 Å². The van der Waals surface area contributed by atoms with Gasteiger partial charge >= 0.3 is 24.3 Å². The Hall–Kier alpha value is 0.779. The second kappa shape index (κ2) is 27.4. The Labute approximate surface area is 378 Å². The number of methoxy groups -OCH3 is 2. The Morgan fingerprint density at radius 3 is 1.33 bits per heavy atom. The van der Waals surface area contributed by atoms with Gasteiger partial charge in [0.25, 0.3) is 12.9 Å². The number of nitrogens with zero attached hydrogens (tertiary/aromatic N) is 2. The maximum absolute atomic E-state index is 13.2. The number of pyridine rings is 2. The van der Waals surface area contributed by atoms with Crippen molar-refractivity contribution in [1.82, 2.24) is 9.97 Å². The van der Waals surface area contributed by atoms with Crippen molar-refractivity contribution in [2.75, 3.05) is 31.8 Å². The third-order valence-electron chi connectivity index (χ3n) is 5.74. The van der Waals surface area contributed by atoms with E-state index in [-0.39, 0.29) is 116 Å². The van der Waals surface area contributed by atoms with Crippen molar-refractivity contribution in [3.05, 3.63) is 45.0 Å². The summed E-state index contributed by atoms with van der Waals surface area (Å²) in [5.74, 6) is -2.63. The van der Waals surface area contributed by atoms with Crippen molar-refractivity contribution < 1.29 is 138 Å². The molecule has 0 atom stereocenters. The molecule has 0 bridgehead atoms. The van der Waals surface area contributed by atoms with E-state index in [9.17, 15) is 53.5 Å². The summed E-state index contributed by atoms with van der Waals surface area (Å²) in [6.07, 6.45) is -13.7. The van der Waals surface area contributed by atoms with Crippen LogP contribution >= 0.6 is 58.6 Å². The Bertz CT molecular complexity index is 1390. The van der Waals surface area contributed by atoms with Gasteiger partial charge in [0, 0.05) is 91.7 Å². The third kappa shape index (κ3) is 17.6. The topological polar surface area (TPSA) is 78.4 Å². The molecular weight excluding hydrogens is 937 g/mol. The molecule has 2 aromatic heterocycles. The second-order valence-electron chi connectivity index (χ2n) is 10.1. The molecule has 0 aromatic carbocycles. The molecule has 51 heavy (non-hydrogen) atoms. The molecule has 0 fully saturated rings. The van der Waals surface area contributed by atoms with E-state index in [1.54, 1.807) is 27.7 Å². The minimum absolute atomic E-state index is 0. The van der Waals surface area contributed by atoms with Crippen LogP contribution in [0.2, 0.25) is 0 Å². The van der Waals surface area contributed by atoms with Crippen LogP contribution in [0.25, 0.3) is 0 Å². The Morgan fingerprint density at radius 2 is 1.06 bits per heavy atom. The summed E-state index contributed by atoms with van der Waals surface area (Å²) in [6, 6.07) is 0. The molecule has 0 radical (unpaired) electrons. The Balaban J connectivity index is -0.000000381. The molecule has 298 valence electrons. The van der Waals surface area contributed by atoms with Crippen molar-refractivity contribution in [2.45, 2.75) is 75.5 Å². The number of ether oxygens (including phenoxy) is 2. The van der Waals surface area contributed by atoms with Crippen LogP contribution in [0, 0.1) is 87.3 Å². The second-order valence-corrected chi connectivity index (χ2v) is 11.3. The summed E-state index contributed by atoms with van der Waals surface area (Å²) < 4.78 is 140. The van der Waals surface area contributed by atoms with Crippen LogP contribution in [0.4, 0.5) is 43.9 Å². The van der Waals surface area contributed by atoms with Crippen LogP contribution in [-0.4, -0.2) is 53.7 Å². The predicted octanol–water partition coefficient (Wildman–Crippen LogP) is 11.0. The number of esters is 2. The van der Waals surface area contributed by atoms with Crippen molar-refractivity contribution in [2.24, 2.45) is 11.8 Å². The van der Waals surface area contributed by atoms with E-state index in [0.29, 0.717) is 0 Å². The fraction of sp³-hybridized carbons (Fsp3) is 0.586. The minimum atomic E-state index is -4.96. The molecule has 22 heteroatoms. The molecule has 0 aliphatic rings. The number of thioether (sulfide) groups is 1. The number of thiol groups is 1. The summed E-state index contributed by atoms with van der Waals surface area (Å²) in [7, 11) is 1.93. The molecule has 0 N–H and O–H groups in total. The van der Waals surface area contributed by atoms with E-state index in [2.05, 4.69) is 66.3 Å². The van der Waals surface area contributed by atoms with E-state index >= 15 is 0 Å². The molecule has 2 aromatic rings. The fourth-order valence-corrected chi connectivity index (χ4v) is 5.24. The SMILES string of the molecule is CCl.CI.COC(=O)c1c(C(F)F)nc(C(F)(F)F)c(S)c1CC(C)C.COC(=O)c1c(C(F)F)nc(C(F)(F)F)c(SC)c1CC(C)C.[Ar].[Ar]. The van der Waals surface area contributed by atoms with Gasteiger partial charge in [-0.15, -0.1) is 36.0 Å². The maximum atomic E-state index is 13.2. The zero-order valence-corrected chi connectivity index (χ0v) is 34.4. The van der Waals surface area contributed by atoms with Crippen molar-refractivity contribution in [3.8, 4) is 0 Å². The van der Waals surface area contributed by atoms with E-state index in [4.69, 9.17) is 0 Å². The molecule has 0 saturated heterocycles. The first-order chi connectivity index (χ1) is 22.5. The Morgan fingerprint density at radius 1 is 0.745 bits per heavy atom. The van der Waals surface area contributed by atoms with Gasteiger partial charge < -0.3 is 9.47 Å². The zero-order chi connectivity index (χ0) is 39.2. The van der Waals surface area contributed by atoms with E-state index in [1.807, 2.05) is 4.93 Å². The molecule has 0 aliphatic carbocycles. The Kier molecular flexibility index (Phi) is 31.4. The van der Waals surface area contributed by atoms with Gasteiger partial charge in [-0.2, -0.15) is 26.3 Å². The van der Waals surface area contributed by atoms with Gasteiger partial charge in [0.05, 0.1) is 25.3 Å². The number of aromatic nitrogens is 2. The summed E-state index contributed by atoms with van der Waals surface area (Å²) in [4.78, 5) is 30.6. The normalized spacial score (nSPS) is 10.9. The number of halogens is 12. The summed E-state index contributed by atoms with van der Waals surface area (Å²) >= 11 is 11.3. The van der Waals surface area contributed by atoms with Crippen molar-refractivity contribution in [3.63, 3.8) is 0 Å². The first-order valence-electron chi connectivity index (χ1n) is 13.5. The predicted molar refractivity (Wildman–Crippen MR) is 179 cm³/mol. The van der Waals surface area contributed by atoms with E-state index in [1.165, 1.54) is 12.6 Å². The number of rotatable bonds is 9. The first kappa shape index (κ1) is 58.5. The average molecular weight is 973 g/mol. The van der Waals surface area contributed by atoms with Crippen LogP contribution in [0.3, 0.4) is 0 Å². The standard InChI is InChI=1S/C14H16F5NO2S.C13H14F5NO2S.CH3Cl.CH3I.2Ar/c1-6(2)5-7-8(13(21)22-3)9(12(15)16)20-11(10(7)23-4)14(17,18)19;1-5(2)4-6-7(12(20)21-3)8(11(14)15)19-10(9(6)22)13(16,17)18;2*1-2;;/h6,12H,5H2,1-4H3;5,11,22H,4H2,1-3H3;2*1H3;;. The first-order valence-corrected chi connectivity index (χ1v) is 18.1. The van der Waals surface area contributed by atoms with Crippen LogP contribution in [-0.2, 0) is 34.7 Å². The number of alkyl halides is 12. The van der Waals surface area contributed by atoms with Gasteiger partial charge in [-0.05, 0) is 47.0 Å². The molecule has 2 rings (SSSR count). The quantitative estimate of drug-likeness (QED) is 0.0670. The smallest absolute Gasteiger partial charge is 0.434 e. The van der Waals surface area contributed by atoms with Crippen LogP contribution < -0.4 is 0 Å². The van der Waals surface area contributed by atoms with Crippen LogP contribution in [0.5, 0.6) is 0 Å². The monoisotopic (exact) mass is 972 g/mol. The molecule has 0 aliphatic heterocycles. The third-order valence-corrected chi connectivity index (χ3v) is 7.07. The van der Waals surface area contributed by atoms with Crippen LogP contribution in [0.1, 0.15) is 95.2 Å². The number of carbonyl (C=O) groups excluding carboxylic acids is 2. The largest absolute Gasteiger partial charge is 0.465 e. The van der Waals surface area contributed by atoms with Crippen molar-refractivity contribution in [1.29, 1.82) is 0 Å². The summed E-state index contributed by atoms with van der Waals surface area (Å²) in [5, 5.41) is 0. The van der Waals surface area contributed by atoms with Crippen LogP contribution in [0.15, 0.2) is 9.79 Å². The molecule has 0 amide bonds. The number of hydrogen-bond donors (Lipinski definition) is 1. The van der Waals surface area contributed by atoms with Crippen molar-refractivity contribution >= 4 is 70.5 Å². The fourth-order valence-electron chi connectivity index (χ4n) is 4.08. The summed E-state index contributed by atoms with van der Waals surface area (Å²) in [5.41, 5.74) is -6.93. The molecule has 0 unspecified atom stereocenters. The average Bonchev–Trinajstić information content (AvgIpc) is 3.01. The van der Waals surface area contributed by atoms with Gasteiger partial charge in [-0.25, -0.2) is 37.1 Å². The number of hydrogen-bond acceptors (Lipinski definition) is 8. The maximum Gasteiger partial charge on any atom is 0.434 e. The zero-order valence-electron chi connectivity index (χ0n) is 28.3. The molecule has 0 spiro atoms. The minimum Gasteiger partial charge on any atom is -0.465 e. The van der Waals surface area contributed by atoms with E-state index in [0.717, 1.165) is 26.0 Å². The molecule has 6 nitrogen and oxygen atoms in total. The van der Waals surface area contributed by atoms with Gasteiger partial charge in [0.2, 0.25) is 0 Å². The van der Waals surface area contributed by atoms with Gasteiger partial charge in [-0.3, -0.25) is 0 Å².